The third kappa shape index (κ3) is 3.39. The van der Waals surface area contributed by atoms with Crippen molar-refractivity contribution in [3.05, 3.63) is 28.2 Å². The first-order chi connectivity index (χ1) is 10.1. The number of thiophene rings is 1. The van der Waals surface area contributed by atoms with E-state index in [2.05, 4.69) is 36.1 Å². The molecule has 0 amide bonds. The second kappa shape index (κ2) is 6.08. The fourth-order valence-electron chi connectivity index (χ4n) is 1.76. The van der Waals surface area contributed by atoms with E-state index in [1.54, 1.807) is 11.3 Å². The Hall–Kier alpha value is -1.51. The van der Waals surface area contributed by atoms with E-state index in [0.717, 1.165) is 21.8 Å². The van der Waals surface area contributed by atoms with Gasteiger partial charge in [-0.25, -0.2) is 0 Å². The normalized spacial score (nSPS) is 11.4. The van der Waals surface area contributed by atoms with Crippen molar-refractivity contribution in [1.29, 1.82) is 0 Å². The van der Waals surface area contributed by atoms with Crippen LogP contribution in [-0.2, 0) is 6.54 Å². The number of nitrogens with zero attached hydrogens (tertiary/aromatic N) is 5. The summed E-state index contributed by atoms with van der Waals surface area (Å²) in [6.07, 6.45) is 1.92. The second-order valence-electron chi connectivity index (χ2n) is 4.79. The molecule has 8 heteroatoms. The van der Waals surface area contributed by atoms with Crippen LogP contribution in [0.4, 0.5) is 0 Å². The van der Waals surface area contributed by atoms with Gasteiger partial charge in [-0.05, 0) is 48.2 Å². The highest BCUT2D eigenvalue weighted by Gasteiger charge is 2.14. The number of halogens is 1. The van der Waals surface area contributed by atoms with E-state index in [1.807, 2.05) is 43.2 Å². The summed E-state index contributed by atoms with van der Waals surface area (Å²) in [4.78, 5) is 7.47. The Kier molecular flexibility index (Phi) is 4.18. The van der Waals surface area contributed by atoms with Crippen LogP contribution in [0.1, 0.15) is 0 Å². The number of hydrogen-bond donors (Lipinski definition) is 0. The van der Waals surface area contributed by atoms with E-state index in [4.69, 9.17) is 4.52 Å². The monoisotopic (exact) mass is 367 g/mol. The highest BCUT2D eigenvalue weighted by molar-refractivity contribution is 9.11. The van der Waals surface area contributed by atoms with Gasteiger partial charge in [0.25, 0.3) is 5.89 Å². The lowest BCUT2D eigenvalue weighted by Crippen LogP contribution is -2.18. The minimum absolute atomic E-state index is 0.443. The molecule has 3 rings (SSSR count). The van der Waals surface area contributed by atoms with E-state index in [-0.39, 0.29) is 0 Å². The summed E-state index contributed by atoms with van der Waals surface area (Å²) in [7, 11) is 4.07. The van der Waals surface area contributed by atoms with Gasteiger partial charge in [0.1, 0.15) is 0 Å². The molecule has 110 valence electrons. The molecule has 0 unspecified atom stereocenters. The molecule has 6 nitrogen and oxygen atoms in total. The molecule has 0 bridgehead atoms. The summed E-state index contributed by atoms with van der Waals surface area (Å²) in [5.74, 6) is 1.03. The van der Waals surface area contributed by atoms with Crippen LogP contribution in [-0.4, -0.2) is 45.5 Å². The van der Waals surface area contributed by atoms with Gasteiger partial charge in [0.05, 0.1) is 15.2 Å². The lowest BCUT2D eigenvalue weighted by molar-refractivity contribution is 0.373. The van der Waals surface area contributed by atoms with Crippen LogP contribution in [0.25, 0.3) is 22.3 Å². The van der Waals surface area contributed by atoms with E-state index >= 15 is 0 Å². The molecule has 0 aliphatic heterocycles. The Bertz CT molecular complexity index is 732. The predicted molar refractivity (Wildman–Crippen MR) is 85.1 cm³/mol. The Morgan fingerprint density at radius 2 is 2.19 bits per heavy atom. The van der Waals surface area contributed by atoms with Gasteiger partial charge in [-0.2, -0.15) is 10.1 Å². The molecule has 0 N–H and O–H groups in total. The number of rotatable bonds is 5. The second-order valence-corrected chi connectivity index (χ2v) is 7.26. The van der Waals surface area contributed by atoms with Crippen molar-refractivity contribution in [3.63, 3.8) is 0 Å². The zero-order chi connectivity index (χ0) is 14.8. The Balaban J connectivity index is 1.77. The Labute approximate surface area is 134 Å². The molecule has 0 radical (unpaired) electrons. The molecule has 3 heterocycles. The van der Waals surface area contributed by atoms with Gasteiger partial charge in [0, 0.05) is 12.7 Å². The quantitative estimate of drug-likeness (QED) is 0.693. The standard InChI is InChI=1S/C13H14BrN5OS/c1-18(2)7-8-19-6-5-9(16-19)13-15-12(17-20-13)10-3-4-11(14)21-10/h3-6H,7-8H2,1-2H3. The van der Waals surface area contributed by atoms with Crippen LogP contribution in [0.2, 0.25) is 0 Å². The molecule has 0 aliphatic carbocycles. The molecular formula is C13H14BrN5OS. The molecule has 0 fully saturated rings. The first-order valence-electron chi connectivity index (χ1n) is 6.40. The topological polar surface area (TPSA) is 60.0 Å². The largest absolute Gasteiger partial charge is 0.332 e. The average Bonchev–Trinajstić information content (AvgIpc) is 3.15. The summed E-state index contributed by atoms with van der Waals surface area (Å²) in [6.45, 7) is 1.76. The minimum atomic E-state index is 0.443. The summed E-state index contributed by atoms with van der Waals surface area (Å²) >= 11 is 4.99. The maximum atomic E-state index is 5.30. The lowest BCUT2D eigenvalue weighted by Gasteiger charge is -2.08. The molecule has 0 aliphatic rings. The predicted octanol–water partition coefficient (Wildman–Crippen LogP) is 2.99. The van der Waals surface area contributed by atoms with E-state index < -0.39 is 0 Å². The number of hydrogen-bond acceptors (Lipinski definition) is 6. The highest BCUT2D eigenvalue weighted by Crippen LogP contribution is 2.30. The van der Waals surface area contributed by atoms with Gasteiger partial charge >= 0.3 is 0 Å². The molecule has 0 spiro atoms. The fourth-order valence-corrected chi connectivity index (χ4v) is 3.08. The van der Waals surface area contributed by atoms with Gasteiger partial charge in [0.2, 0.25) is 5.82 Å². The van der Waals surface area contributed by atoms with E-state index in [1.165, 1.54) is 0 Å². The maximum absolute atomic E-state index is 5.30. The maximum Gasteiger partial charge on any atom is 0.278 e. The van der Waals surface area contributed by atoms with Gasteiger partial charge < -0.3 is 9.42 Å². The smallest absolute Gasteiger partial charge is 0.278 e. The third-order valence-corrected chi connectivity index (χ3v) is 4.48. The van der Waals surface area contributed by atoms with Gasteiger partial charge in [-0.3, -0.25) is 4.68 Å². The van der Waals surface area contributed by atoms with Gasteiger partial charge in [-0.1, -0.05) is 5.16 Å². The summed E-state index contributed by atoms with van der Waals surface area (Å²) < 4.78 is 8.21. The fraction of sp³-hybridized carbons (Fsp3) is 0.308. The molecule has 3 aromatic rings. The molecule has 3 aromatic heterocycles. The van der Waals surface area contributed by atoms with Crippen LogP contribution in [0.15, 0.2) is 32.7 Å². The molecule has 0 saturated carbocycles. The van der Waals surface area contributed by atoms with Gasteiger partial charge in [0.15, 0.2) is 5.69 Å². The summed E-state index contributed by atoms with van der Waals surface area (Å²) in [5, 5.41) is 8.46. The molecule has 0 saturated heterocycles. The van der Waals surface area contributed by atoms with Crippen molar-refractivity contribution in [3.8, 4) is 22.3 Å². The number of aromatic nitrogens is 4. The minimum Gasteiger partial charge on any atom is -0.332 e. The van der Waals surface area contributed by atoms with Crippen LogP contribution in [0.5, 0.6) is 0 Å². The third-order valence-electron chi connectivity index (χ3n) is 2.86. The zero-order valence-electron chi connectivity index (χ0n) is 11.7. The number of likely N-dealkylation sites (N-methyl/N-ethyl adjacent to an activating group) is 1. The van der Waals surface area contributed by atoms with Crippen LogP contribution in [0.3, 0.4) is 0 Å². The first kappa shape index (κ1) is 14.4. The Morgan fingerprint density at radius 1 is 1.33 bits per heavy atom. The molecule has 0 aromatic carbocycles. The average molecular weight is 368 g/mol. The molecule has 0 atom stereocenters. The van der Waals surface area contributed by atoms with Crippen LogP contribution in [0, 0.1) is 0 Å². The highest BCUT2D eigenvalue weighted by atomic mass is 79.9. The Morgan fingerprint density at radius 3 is 2.90 bits per heavy atom. The van der Waals surface area contributed by atoms with Crippen molar-refractivity contribution in [2.45, 2.75) is 6.54 Å². The van der Waals surface area contributed by atoms with Crippen molar-refractivity contribution < 1.29 is 4.52 Å². The van der Waals surface area contributed by atoms with Gasteiger partial charge in [-0.15, -0.1) is 11.3 Å². The van der Waals surface area contributed by atoms with Crippen molar-refractivity contribution >= 4 is 27.3 Å². The van der Waals surface area contributed by atoms with Crippen LogP contribution >= 0.6 is 27.3 Å². The van der Waals surface area contributed by atoms with Crippen molar-refractivity contribution in [1.82, 2.24) is 24.8 Å². The first-order valence-corrected chi connectivity index (χ1v) is 8.01. The summed E-state index contributed by atoms with van der Waals surface area (Å²) in [5.41, 5.74) is 0.697. The molecular weight excluding hydrogens is 354 g/mol. The van der Waals surface area contributed by atoms with E-state index in [0.29, 0.717) is 17.4 Å². The zero-order valence-corrected chi connectivity index (χ0v) is 14.1. The van der Waals surface area contributed by atoms with Crippen LogP contribution < -0.4 is 0 Å². The molecule has 21 heavy (non-hydrogen) atoms. The summed E-state index contributed by atoms with van der Waals surface area (Å²) in [6, 6.07) is 5.81. The van der Waals surface area contributed by atoms with Crippen molar-refractivity contribution in [2.24, 2.45) is 0 Å². The van der Waals surface area contributed by atoms with E-state index in [9.17, 15) is 0 Å². The lowest BCUT2D eigenvalue weighted by atomic mass is 10.4. The SMILES string of the molecule is CN(C)CCn1ccc(-c2nc(-c3ccc(Br)s3)no2)n1. The van der Waals surface area contributed by atoms with Crippen molar-refractivity contribution in [2.75, 3.05) is 20.6 Å².